The molecule has 1 aliphatic rings. The molecule has 1 aliphatic heterocycles. The summed E-state index contributed by atoms with van der Waals surface area (Å²) in [6, 6.07) is -1.31. The van der Waals surface area contributed by atoms with Crippen molar-refractivity contribution in [3.05, 3.63) is 23.5 Å². The number of oxime groups is 1. The van der Waals surface area contributed by atoms with Gasteiger partial charge in [0.1, 0.15) is 24.5 Å². The van der Waals surface area contributed by atoms with Crippen molar-refractivity contribution in [2.75, 3.05) is 18.9 Å². The third-order valence-electron chi connectivity index (χ3n) is 5.64. The highest BCUT2D eigenvalue weighted by molar-refractivity contribution is 7.80. The zero-order valence-electron chi connectivity index (χ0n) is 21.6. The number of hydrogen-bond donors (Lipinski definition) is 5. The Morgan fingerprint density at radius 2 is 2.10 bits per heavy atom. The number of carboxylic acids is 1. The number of ether oxygens (including phenoxy) is 1. The number of carbonyl (C=O) groups excluding carboxylic acids is 2. The summed E-state index contributed by atoms with van der Waals surface area (Å²) in [5.41, 5.74) is 9.18. The number of hydrogen-bond acceptors (Lipinski definition) is 13. The number of carbonyl (C=O) groups is 3. The third kappa shape index (κ3) is 7.21. The molecule has 2 aromatic rings. The maximum Gasteiger partial charge on any atom is 0.418 e. The highest BCUT2D eigenvalue weighted by Crippen LogP contribution is 2.33. The Hall–Kier alpha value is -3.85. The van der Waals surface area contributed by atoms with E-state index in [1.54, 1.807) is 24.1 Å². The Bertz CT molecular complexity index is 1400. The van der Waals surface area contributed by atoms with E-state index in [1.165, 1.54) is 19.2 Å². The lowest BCUT2D eigenvalue weighted by Crippen LogP contribution is -2.76. The lowest BCUT2D eigenvalue weighted by Gasteiger charge is -2.50. The van der Waals surface area contributed by atoms with Gasteiger partial charge in [-0.05, 0) is 26.8 Å². The van der Waals surface area contributed by atoms with Crippen LogP contribution in [0, 0.1) is 0 Å². The minimum Gasteiger partial charge on any atom is -0.481 e. The number of nitrogens with two attached hydrogens (primary N) is 2. The number of nitrogens with zero attached hydrogens (tertiary/aromatic N) is 5. The largest absolute Gasteiger partial charge is 0.481 e. The highest BCUT2D eigenvalue weighted by atomic mass is 32.3. The standard InChI is InChI=1S/C20H28N8O10S2/c1-20(2)15(17(30)28(20)38-40(33,34)35)24-16(29)14(12-10-39-19(22)23-12)25-37-13(18(31)32)9-36-11-7-26(3)27(8-11)6-4-5-21/h7-8,10,13,15H,4-6,9,21H2,1-3H3,(H4-,22,23,24,29,31,32,33,34,35)/p+1/t13-,15?/m0/s1. The summed E-state index contributed by atoms with van der Waals surface area (Å²) >= 11 is 0.960. The number of aliphatic carboxylic acids is 1. The number of nitrogens with one attached hydrogen (secondary N) is 1. The first-order valence-electron chi connectivity index (χ1n) is 11.5. The molecule has 18 nitrogen and oxygen atoms in total. The molecule has 0 aromatic carbocycles. The fourth-order valence-corrected chi connectivity index (χ4v) is 4.54. The van der Waals surface area contributed by atoms with Crippen molar-refractivity contribution in [2.24, 2.45) is 17.9 Å². The zero-order valence-corrected chi connectivity index (χ0v) is 23.2. The average molecular weight is 606 g/mol. The molecule has 0 spiro atoms. The predicted molar refractivity (Wildman–Crippen MR) is 136 cm³/mol. The molecule has 2 atom stereocenters. The minimum atomic E-state index is -5.00. The molecule has 0 aliphatic carbocycles. The number of β-lactam (4-membered cyclic amide) rings is 1. The van der Waals surface area contributed by atoms with Crippen molar-refractivity contribution >= 4 is 50.4 Å². The van der Waals surface area contributed by atoms with Crippen LogP contribution < -0.4 is 26.2 Å². The van der Waals surface area contributed by atoms with Crippen LogP contribution in [0.2, 0.25) is 0 Å². The van der Waals surface area contributed by atoms with Crippen LogP contribution in [-0.2, 0) is 47.5 Å². The number of aryl methyl sites for hydroxylation is 2. The molecule has 3 rings (SSSR count). The first-order valence-corrected chi connectivity index (χ1v) is 13.8. The summed E-state index contributed by atoms with van der Waals surface area (Å²) in [7, 11) is -3.23. The Labute approximate surface area is 232 Å². The number of anilines is 1. The molecule has 2 amide bonds. The number of thiazole rings is 1. The Balaban J connectivity index is 1.75. The number of aromatic nitrogens is 3. The average Bonchev–Trinajstić information content (AvgIpc) is 3.45. The number of hydroxylamine groups is 2. The molecule has 1 fully saturated rings. The number of nitrogen functional groups attached to an aromatic ring is 1. The molecule has 3 heterocycles. The van der Waals surface area contributed by atoms with Crippen LogP contribution in [0.3, 0.4) is 0 Å². The van der Waals surface area contributed by atoms with Gasteiger partial charge in [0.2, 0.25) is 11.9 Å². The van der Waals surface area contributed by atoms with Crippen LogP contribution in [0.5, 0.6) is 5.75 Å². The lowest BCUT2D eigenvalue weighted by molar-refractivity contribution is -0.753. The Kier molecular flexibility index (Phi) is 9.30. The van der Waals surface area contributed by atoms with Gasteiger partial charge < -0.3 is 31.5 Å². The van der Waals surface area contributed by atoms with Crippen molar-refractivity contribution in [1.82, 2.24) is 20.0 Å². The van der Waals surface area contributed by atoms with E-state index in [0.717, 1.165) is 17.8 Å². The first-order chi connectivity index (χ1) is 18.6. The number of carboxylic acid groups (broad SMARTS) is 1. The van der Waals surface area contributed by atoms with Crippen molar-refractivity contribution in [2.45, 2.75) is 44.5 Å². The van der Waals surface area contributed by atoms with Gasteiger partial charge in [-0.25, -0.2) is 9.78 Å². The van der Waals surface area contributed by atoms with Gasteiger partial charge in [0.05, 0.1) is 12.1 Å². The summed E-state index contributed by atoms with van der Waals surface area (Å²) in [4.78, 5) is 46.4. The fraction of sp³-hybridized carbons (Fsp3) is 0.500. The lowest BCUT2D eigenvalue weighted by atomic mass is 9.84. The molecule has 7 N–H and O–H groups in total. The second-order valence-corrected chi connectivity index (χ2v) is 10.9. The summed E-state index contributed by atoms with van der Waals surface area (Å²) in [6.45, 7) is 3.35. The van der Waals surface area contributed by atoms with E-state index in [1.807, 2.05) is 4.68 Å². The summed E-state index contributed by atoms with van der Waals surface area (Å²) in [6.07, 6.45) is 2.35. The molecule has 0 saturated carbocycles. The van der Waals surface area contributed by atoms with Crippen molar-refractivity contribution < 1.29 is 51.0 Å². The molecule has 0 bridgehead atoms. The van der Waals surface area contributed by atoms with E-state index < -0.39 is 58.2 Å². The second kappa shape index (κ2) is 12.1. The molecule has 220 valence electrons. The van der Waals surface area contributed by atoms with E-state index >= 15 is 0 Å². The van der Waals surface area contributed by atoms with E-state index in [4.69, 9.17) is 25.6 Å². The third-order valence-corrected chi connectivity index (χ3v) is 6.65. The SMILES string of the molecule is C[n+]1cc(OC[C@H](ON=C(C(=O)NC2C(=O)N(OS(=O)(=O)O)C2(C)C)c2csc(N)n2)C(=O)O)cn1CCCN. The molecule has 0 radical (unpaired) electrons. The van der Waals surface area contributed by atoms with Gasteiger partial charge >= 0.3 is 16.4 Å². The summed E-state index contributed by atoms with van der Waals surface area (Å²) < 4.78 is 44.3. The summed E-state index contributed by atoms with van der Waals surface area (Å²) in [5, 5.41) is 17.4. The van der Waals surface area contributed by atoms with Crippen LogP contribution in [0.1, 0.15) is 26.0 Å². The van der Waals surface area contributed by atoms with Gasteiger partial charge in [0.25, 0.3) is 17.9 Å². The van der Waals surface area contributed by atoms with E-state index in [9.17, 15) is 27.9 Å². The van der Waals surface area contributed by atoms with Gasteiger partial charge in [0, 0.05) is 5.38 Å². The smallest absolute Gasteiger partial charge is 0.418 e. The van der Waals surface area contributed by atoms with Crippen LogP contribution in [-0.4, -0.2) is 87.1 Å². The van der Waals surface area contributed by atoms with E-state index in [-0.39, 0.29) is 10.8 Å². The maximum absolute atomic E-state index is 13.1. The normalized spacial score (nSPS) is 17.7. The predicted octanol–water partition coefficient (Wildman–Crippen LogP) is -2.21. The number of rotatable bonds is 14. The van der Waals surface area contributed by atoms with Crippen molar-refractivity contribution in [3.8, 4) is 5.75 Å². The molecule has 40 heavy (non-hydrogen) atoms. The Morgan fingerprint density at radius 3 is 2.65 bits per heavy atom. The zero-order chi connectivity index (χ0) is 29.8. The van der Waals surface area contributed by atoms with Crippen molar-refractivity contribution in [1.29, 1.82) is 0 Å². The molecule has 20 heteroatoms. The maximum atomic E-state index is 13.1. The minimum absolute atomic E-state index is 0.0633. The monoisotopic (exact) mass is 605 g/mol. The number of amides is 2. The van der Waals surface area contributed by atoms with Crippen LogP contribution in [0.15, 0.2) is 22.9 Å². The van der Waals surface area contributed by atoms with Gasteiger partial charge in [-0.2, -0.15) is 18.2 Å². The van der Waals surface area contributed by atoms with Gasteiger partial charge in [-0.15, -0.1) is 20.3 Å². The molecular formula is C20H29N8O10S2+. The second-order valence-electron chi connectivity index (χ2n) is 8.99. The van der Waals surface area contributed by atoms with Crippen LogP contribution in [0.4, 0.5) is 5.13 Å². The van der Waals surface area contributed by atoms with E-state index in [2.05, 4.69) is 19.7 Å². The highest BCUT2D eigenvalue weighted by Gasteiger charge is 2.58. The van der Waals surface area contributed by atoms with Gasteiger partial charge in [-0.1, -0.05) is 5.16 Å². The summed E-state index contributed by atoms with van der Waals surface area (Å²) in [5.74, 6) is -3.10. The van der Waals surface area contributed by atoms with Crippen LogP contribution >= 0.6 is 11.3 Å². The quantitative estimate of drug-likeness (QED) is 0.0504. The Morgan fingerprint density at radius 1 is 1.40 bits per heavy atom. The first kappa shape index (κ1) is 30.7. The van der Waals surface area contributed by atoms with Crippen molar-refractivity contribution in [3.63, 3.8) is 0 Å². The van der Waals surface area contributed by atoms with Crippen LogP contribution in [0.25, 0.3) is 0 Å². The molecule has 1 unspecified atom stereocenters. The topological polar surface area (TPSA) is 255 Å². The molecule has 2 aromatic heterocycles. The van der Waals surface area contributed by atoms with E-state index in [0.29, 0.717) is 23.9 Å². The molecule has 1 saturated heterocycles. The molecular weight excluding hydrogens is 576 g/mol. The van der Waals surface area contributed by atoms with Gasteiger partial charge in [-0.3, -0.25) is 14.1 Å². The fourth-order valence-electron chi connectivity index (χ4n) is 3.53. The van der Waals surface area contributed by atoms with Gasteiger partial charge in [0.15, 0.2) is 17.9 Å².